The zero-order chi connectivity index (χ0) is 18.1. The number of aliphatic hydroxyl groups excluding tert-OH is 1. The maximum absolute atomic E-state index is 12.5. The highest BCUT2D eigenvalue weighted by Gasteiger charge is 2.35. The molecule has 1 fully saturated rings. The molecule has 9 heteroatoms. The normalized spacial score (nSPS) is 23.1. The third-order valence-corrected chi connectivity index (χ3v) is 6.11. The van der Waals surface area contributed by atoms with E-state index in [1.54, 1.807) is 0 Å². The Morgan fingerprint density at radius 3 is 2.29 bits per heavy atom. The number of nitrogens with zero attached hydrogens (tertiary/aromatic N) is 2. The molecule has 0 amide bonds. The second-order valence-electron chi connectivity index (χ2n) is 6.28. The highest BCUT2D eigenvalue weighted by molar-refractivity contribution is 7.89. The van der Waals surface area contributed by atoms with Crippen molar-refractivity contribution in [3.05, 3.63) is 35.4 Å². The Bertz CT molecular complexity index is 660. The molecule has 1 aliphatic heterocycles. The summed E-state index contributed by atoms with van der Waals surface area (Å²) < 4.78 is 62.6. The third-order valence-electron chi connectivity index (χ3n) is 4.15. The molecule has 1 aromatic rings. The Morgan fingerprint density at radius 2 is 1.79 bits per heavy atom. The molecule has 0 radical (unpaired) electrons. The lowest BCUT2D eigenvalue weighted by Gasteiger charge is -2.18. The van der Waals surface area contributed by atoms with Gasteiger partial charge in [-0.15, -0.1) is 0 Å². The Morgan fingerprint density at radius 1 is 1.21 bits per heavy atom. The fourth-order valence-electron chi connectivity index (χ4n) is 2.71. The zero-order valence-corrected chi connectivity index (χ0v) is 14.3. The van der Waals surface area contributed by atoms with Crippen LogP contribution in [0.25, 0.3) is 0 Å². The quantitative estimate of drug-likeness (QED) is 0.856. The molecule has 136 valence electrons. The minimum absolute atomic E-state index is 0.148. The van der Waals surface area contributed by atoms with Gasteiger partial charge in [-0.25, -0.2) is 12.7 Å². The molecule has 0 unspecified atom stereocenters. The lowest BCUT2D eigenvalue weighted by molar-refractivity contribution is -0.137. The van der Waals surface area contributed by atoms with Crippen molar-refractivity contribution in [1.29, 1.82) is 0 Å². The second-order valence-corrected chi connectivity index (χ2v) is 8.50. The minimum atomic E-state index is -4.37. The van der Waals surface area contributed by atoms with Gasteiger partial charge in [-0.2, -0.15) is 13.2 Å². The Kier molecular flexibility index (Phi) is 5.58. The summed E-state index contributed by atoms with van der Waals surface area (Å²) in [4.78, 5) is 1.85. The Balaban J connectivity index is 1.98. The number of likely N-dealkylation sites (tertiary alicyclic amines) is 1. The number of rotatable bonds is 5. The number of alkyl halides is 3. The Labute approximate surface area is 139 Å². The average Bonchev–Trinajstić information content (AvgIpc) is 2.77. The minimum Gasteiger partial charge on any atom is -0.391 e. The molecule has 1 N–H and O–H groups in total. The highest BCUT2D eigenvalue weighted by atomic mass is 32.2. The van der Waals surface area contributed by atoms with Crippen molar-refractivity contribution in [2.75, 3.05) is 32.9 Å². The van der Waals surface area contributed by atoms with Crippen LogP contribution in [-0.4, -0.2) is 61.8 Å². The molecular weight excluding hydrogens is 345 g/mol. The van der Waals surface area contributed by atoms with Gasteiger partial charge in [-0.05, 0) is 17.7 Å². The first-order valence-corrected chi connectivity index (χ1v) is 9.07. The number of benzene rings is 1. The molecule has 2 atom stereocenters. The molecule has 0 spiro atoms. The SMILES string of the molecule is CN(C)S(=O)(=O)C[C@@H]1CN(Cc2ccc(C(F)(F)F)cc2)C[C@H]1O. The van der Waals surface area contributed by atoms with E-state index in [9.17, 15) is 26.7 Å². The van der Waals surface area contributed by atoms with Gasteiger partial charge in [0.05, 0.1) is 17.4 Å². The number of β-amino-alcohol motifs (C(OH)–C–C–N with tert-alkyl or cyclic N) is 1. The summed E-state index contributed by atoms with van der Waals surface area (Å²) in [5.74, 6) is -0.558. The fourth-order valence-corrected chi connectivity index (χ4v) is 3.88. The number of aliphatic hydroxyl groups is 1. The van der Waals surface area contributed by atoms with E-state index in [1.807, 2.05) is 4.90 Å². The molecule has 0 aliphatic carbocycles. The molecule has 1 aliphatic rings. The lowest BCUT2D eigenvalue weighted by atomic mass is 10.1. The molecule has 0 bridgehead atoms. The molecule has 0 saturated carbocycles. The third kappa shape index (κ3) is 4.69. The van der Waals surface area contributed by atoms with Gasteiger partial charge >= 0.3 is 6.18 Å². The number of hydrogen-bond donors (Lipinski definition) is 1. The van der Waals surface area contributed by atoms with E-state index in [-0.39, 0.29) is 5.75 Å². The molecule has 2 rings (SSSR count). The van der Waals surface area contributed by atoms with E-state index in [0.29, 0.717) is 25.2 Å². The largest absolute Gasteiger partial charge is 0.416 e. The fraction of sp³-hybridized carbons (Fsp3) is 0.600. The van der Waals surface area contributed by atoms with Crippen molar-refractivity contribution in [1.82, 2.24) is 9.21 Å². The summed E-state index contributed by atoms with van der Waals surface area (Å²) in [7, 11) is -0.529. The van der Waals surface area contributed by atoms with Crippen LogP contribution < -0.4 is 0 Å². The zero-order valence-electron chi connectivity index (χ0n) is 13.5. The predicted octanol–water partition coefficient (Wildman–Crippen LogP) is 1.39. The van der Waals surface area contributed by atoms with Gasteiger partial charge in [0.1, 0.15) is 0 Å². The van der Waals surface area contributed by atoms with Crippen LogP contribution in [0.3, 0.4) is 0 Å². The summed E-state index contributed by atoms with van der Waals surface area (Å²) in [6.45, 7) is 1.05. The van der Waals surface area contributed by atoms with Crippen molar-refractivity contribution >= 4 is 10.0 Å². The van der Waals surface area contributed by atoms with Crippen LogP contribution in [0.2, 0.25) is 0 Å². The monoisotopic (exact) mass is 366 g/mol. The van der Waals surface area contributed by atoms with E-state index in [0.717, 1.165) is 16.4 Å². The van der Waals surface area contributed by atoms with Crippen LogP contribution in [0.15, 0.2) is 24.3 Å². The van der Waals surface area contributed by atoms with Crippen molar-refractivity contribution < 1.29 is 26.7 Å². The van der Waals surface area contributed by atoms with Crippen molar-refractivity contribution in [3.8, 4) is 0 Å². The van der Waals surface area contributed by atoms with Gasteiger partial charge in [0, 0.05) is 39.6 Å². The van der Waals surface area contributed by atoms with Gasteiger partial charge in [0.2, 0.25) is 10.0 Å². The molecule has 1 aromatic carbocycles. The molecule has 1 heterocycles. The van der Waals surface area contributed by atoms with Crippen LogP contribution in [0.5, 0.6) is 0 Å². The maximum atomic E-state index is 12.5. The molecule has 1 saturated heterocycles. The second kappa shape index (κ2) is 6.99. The van der Waals surface area contributed by atoms with E-state index < -0.39 is 33.8 Å². The predicted molar refractivity (Wildman–Crippen MR) is 83.7 cm³/mol. The first-order valence-electron chi connectivity index (χ1n) is 7.46. The number of sulfonamides is 1. The van der Waals surface area contributed by atoms with Crippen molar-refractivity contribution in [2.45, 2.75) is 18.8 Å². The first-order chi connectivity index (χ1) is 11.0. The maximum Gasteiger partial charge on any atom is 0.416 e. The standard InChI is InChI=1S/C15H21F3N2O3S/c1-19(2)24(22,23)10-12-8-20(9-14(12)21)7-11-3-5-13(6-4-11)15(16,17)18/h3-6,12,14,21H,7-10H2,1-2H3/t12-,14+/m0/s1. The van der Waals surface area contributed by atoms with E-state index in [2.05, 4.69) is 0 Å². The van der Waals surface area contributed by atoms with Gasteiger partial charge in [0.15, 0.2) is 0 Å². The smallest absolute Gasteiger partial charge is 0.391 e. The molecule has 5 nitrogen and oxygen atoms in total. The van der Waals surface area contributed by atoms with E-state index >= 15 is 0 Å². The Hall–Kier alpha value is -1.16. The summed E-state index contributed by atoms with van der Waals surface area (Å²) in [6.07, 6.45) is -5.14. The van der Waals surface area contributed by atoms with Gasteiger partial charge in [-0.3, -0.25) is 4.90 Å². The van der Waals surface area contributed by atoms with Crippen LogP contribution in [0, 0.1) is 5.92 Å². The lowest BCUT2D eigenvalue weighted by Crippen LogP contribution is -2.33. The average molecular weight is 366 g/mol. The van der Waals surface area contributed by atoms with Crippen LogP contribution in [0.1, 0.15) is 11.1 Å². The van der Waals surface area contributed by atoms with Gasteiger partial charge in [0.25, 0.3) is 0 Å². The van der Waals surface area contributed by atoms with Gasteiger partial charge in [-0.1, -0.05) is 12.1 Å². The molecule has 24 heavy (non-hydrogen) atoms. The molecule has 0 aromatic heterocycles. The number of halogens is 3. The summed E-state index contributed by atoms with van der Waals surface area (Å²) >= 11 is 0. The summed E-state index contributed by atoms with van der Waals surface area (Å²) in [5.41, 5.74) is -0.0195. The van der Waals surface area contributed by atoms with Crippen molar-refractivity contribution in [2.24, 2.45) is 5.92 Å². The van der Waals surface area contributed by atoms with E-state index in [1.165, 1.54) is 26.2 Å². The number of hydrogen-bond acceptors (Lipinski definition) is 4. The first kappa shape index (κ1) is 19.2. The van der Waals surface area contributed by atoms with E-state index in [4.69, 9.17) is 0 Å². The summed E-state index contributed by atoms with van der Waals surface area (Å²) in [5, 5.41) is 10.1. The topological polar surface area (TPSA) is 60.9 Å². The van der Waals surface area contributed by atoms with Gasteiger partial charge < -0.3 is 5.11 Å². The molecular formula is C15H21F3N2O3S. The van der Waals surface area contributed by atoms with Crippen molar-refractivity contribution in [3.63, 3.8) is 0 Å². The van der Waals surface area contributed by atoms with Crippen LogP contribution in [0.4, 0.5) is 13.2 Å². The highest BCUT2D eigenvalue weighted by Crippen LogP contribution is 2.29. The van der Waals surface area contributed by atoms with Crippen LogP contribution >= 0.6 is 0 Å². The summed E-state index contributed by atoms with van der Waals surface area (Å²) in [6, 6.07) is 4.85. The van der Waals surface area contributed by atoms with Crippen LogP contribution in [-0.2, 0) is 22.7 Å².